The lowest BCUT2D eigenvalue weighted by atomic mass is 9.89. The molecule has 1 aromatic heterocycles. The topological polar surface area (TPSA) is 0 Å². The third-order valence-corrected chi connectivity index (χ3v) is 7.49. The van der Waals surface area contributed by atoms with Gasteiger partial charge in [0, 0.05) is 20.2 Å². The minimum Gasteiger partial charge on any atom is -0.135 e. The van der Waals surface area contributed by atoms with Gasteiger partial charge in [-0.3, -0.25) is 0 Å². The fraction of sp³-hybridized carbons (Fsp3) is 0. The number of rotatable bonds is 1. The lowest BCUT2D eigenvalue weighted by Crippen LogP contribution is -1.90. The second kappa shape index (κ2) is 6.32. The van der Waals surface area contributed by atoms with Crippen LogP contribution in [-0.4, -0.2) is 0 Å². The normalized spacial score (nSPS) is 12.4. The standard InChI is InChI=1S/C30H16S/c1-2-9-23-21(7-1)22-8-3-4-10-24(22)27-17-19(13-15-25(23)27)20-14-16-30-28(18-20)26-11-5-6-12-29(26)31-30/h3-18H. The van der Waals surface area contributed by atoms with Crippen LogP contribution in [0.1, 0.15) is 11.1 Å². The average Bonchev–Trinajstić information content (AvgIpc) is 3.22. The summed E-state index contributed by atoms with van der Waals surface area (Å²) in [5.41, 5.74) is 11.3. The van der Waals surface area contributed by atoms with Crippen LogP contribution in [0.15, 0.2) is 96.4 Å². The van der Waals surface area contributed by atoms with Crippen LogP contribution in [0.4, 0.5) is 0 Å². The fourth-order valence-corrected chi connectivity index (χ4v) is 5.96. The van der Waals surface area contributed by atoms with Crippen molar-refractivity contribution in [3.05, 3.63) is 108 Å². The van der Waals surface area contributed by atoms with E-state index in [-0.39, 0.29) is 0 Å². The first-order chi connectivity index (χ1) is 15.4. The zero-order valence-corrected chi connectivity index (χ0v) is 17.5. The number of fused-ring (bicyclic) bond motifs is 9. The lowest BCUT2D eigenvalue weighted by molar-refractivity contribution is 1.67. The van der Waals surface area contributed by atoms with Crippen LogP contribution in [0.25, 0.3) is 65.0 Å². The maximum absolute atomic E-state index is 3.15. The van der Waals surface area contributed by atoms with E-state index in [0.29, 0.717) is 0 Å². The molecular formula is C30H16S. The van der Waals surface area contributed by atoms with Gasteiger partial charge in [0.05, 0.1) is 0 Å². The molecule has 142 valence electrons. The maximum Gasteiger partial charge on any atom is 0.0355 e. The molecule has 0 unspecified atom stereocenters. The van der Waals surface area contributed by atoms with Gasteiger partial charge >= 0.3 is 0 Å². The minimum absolute atomic E-state index is 1.23. The van der Waals surface area contributed by atoms with Crippen LogP contribution >= 0.6 is 11.3 Å². The summed E-state index contributed by atoms with van der Waals surface area (Å²) in [5, 5.41) is 7.79. The molecular weight excluding hydrogens is 392 g/mol. The summed E-state index contributed by atoms with van der Waals surface area (Å²) in [4.78, 5) is 0. The molecule has 0 nitrogen and oxygen atoms in total. The van der Waals surface area contributed by atoms with Crippen molar-refractivity contribution in [2.45, 2.75) is 0 Å². The van der Waals surface area contributed by atoms with Gasteiger partial charge in [0.15, 0.2) is 0 Å². The van der Waals surface area contributed by atoms with Gasteiger partial charge in [-0.2, -0.15) is 0 Å². The molecule has 1 aliphatic carbocycles. The smallest absolute Gasteiger partial charge is 0.0355 e. The molecule has 0 fully saturated rings. The molecule has 0 atom stereocenters. The molecule has 0 bridgehead atoms. The number of thiophene rings is 1. The molecule has 1 heterocycles. The monoisotopic (exact) mass is 408 g/mol. The molecule has 31 heavy (non-hydrogen) atoms. The van der Waals surface area contributed by atoms with Gasteiger partial charge in [-0.25, -0.2) is 0 Å². The van der Waals surface area contributed by atoms with E-state index in [1.54, 1.807) is 0 Å². The highest BCUT2D eigenvalue weighted by Gasteiger charge is 2.13. The molecule has 0 radical (unpaired) electrons. The Morgan fingerprint density at radius 1 is 0.452 bits per heavy atom. The zero-order chi connectivity index (χ0) is 20.4. The molecule has 0 aliphatic heterocycles. The molecule has 1 heteroatoms. The van der Waals surface area contributed by atoms with Crippen LogP contribution in [0.3, 0.4) is 0 Å². The van der Waals surface area contributed by atoms with Crippen molar-refractivity contribution in [2.75, 3.05) is 0 Å². The molecule has 0 saturated carbocycles. The zero-order valence-electron chi connectivity index (χ0n) is 16.6. The summed E-state index contributed by atoms with van der Waals surface area (Å²) < 4.78 is 2.69. The second-order valence-electron chi connectivity index (χ2n) is 8.02. The molecule has 7 rings (SSSR count). The summed E-state index contributed by atoms with van der Waals surface area (Å²) in [6.45, 7) is 0. The highest BCUT2D eigenvalue weighted by Crippen LogP contribution is 2.39. The Labute approximate surface area is 183 Å². The molecule has 0 spiro atoms. The molecule has 0 N–H and O–H groups in total. The van der Waals surface area contributed by atoms with Gasteiger partial charge in [0.2, 0.25) is 0 Å². The number of hydrogen-bond donors (Lipinski definition) is 0. The van der Waals surface area contributed by atoms with Crippen molar-refractivity contribution in [1.29, 1.82) is 0 Å². The van der Waals surface area contributed by atoms with E-state index in [2.05, 4.69) is 109 Å². The van der Waals surface area contributed by atoms with Gasteiger partial charge in [-0.05, 0) is 80.2 Å². The Morgan fingerprint density at radius 3 is 1.84 bits per heavy atom. The van der Waals surface area contributed by atoms with Crippen LogP contribution in [-0.2, 0) is 0 Å². The highest BCUT2D eigenvalue weighted by molar-refractivity contribution is 7.25. The van der Waals surface area contributed by atoms with Crippen molar-refractivity contribution < 1.29 is 0 Å². The summed E-state index contributed by atoms with van der Waals surface area (Å²) in [6.07, 6.45) is 4.12. The third-order valence-electron chi connectivity index (χ3n) is 6.33. The number of benzene rings is 5. The van der Waals surface area contributed by atoms with E-state index in [9.17, 15) is 0 Å². The largest absolute Gasteiger partial charge is 0.135 e. The van der Waals surface area contributed by atoms with Crippen molar-refractivity contribution in [2.24, 2.45) is 0 Å². The van der Waals surface area contributed by atoms with E-state index < -0.39 is 0 Å². The highest BCUT2D eigenvalue weighted by atomic mass is 32.1. The summed E-state index contributed by atoms with van der Waals surface area (Å²) in [7, 11) is 0. The average molecular weight is 409 g/mol. The first-order valence-electron chi connectivity index (χ1n) is 10.4. The van der Waals surface area contributed by atoms with Crippen LogP contribution in [0.5, 0.6) is 0 Å². The van der Waals surface area contributed by atoms with E-state index in [0.717, 1.165) is 0 Å². The van der Waals surface area contributed by atoms with E-state index >= 15 is 0 Å². The third kappa shape index (κ3) is 2.43. The van der Waals surface area contributed by atoms with Crippen LogP contribution < -0.4 is 0 Å². The SMILES string of the molecule is C1=C=Cc2c(c3ccccc3c3cc(-c4ccc5sc6ccccc6c5c4)ccc23)C=1. The Kier molecular flexibility index (Phi) is 3.44. The molecule has 6 aromatic rings. The Morgan fingerprint density at radius 2 is 1.03 bits per heavy atom. The van der Waals surface area contributed by atoms with E-state index in [4.69, 9.17) is 0 Å². The summed E-state index contributed by atoms with van der Waals surface area (Å²) >= 11 is 1.86. The second-order valence-corrected chi connectivity index (χ2v) is 9.10. The van der Waals surface area contributed by atoms with Crippen LogP contribution in [0, 0.1) is 0 Å². The molecule has 0 amide bonds. The first-order valence-corrected chi connectivity index (χ1v) is 11.3. The molecule has 1 aliphatic rings. The van der Waals surface area contributed by atoms with Gasteiger partial charge < -0.3 is 0 Å². The van der Waals surface area contributed by atoms with Gasteiger partial charge in [0.1, 0.15) is 0 Å². The summed E-state index contributed by atoms with van der Waals surface area (Å²) in [6, 6.07) is 31.1. The lowest BCUT2D eigenvalue weighted by Gasteiger charge is -2.14. The quantitative estimate of drug-likeness (QED) is 0.188. The number of hydrogen-bond acceptors (Lipinski definition) is 1. The van der Waals surface area contributed by atoms with Crippen molar-refractivity contribution in [3.63, 3.8) is 0 Å². The summed E-state index contributed by atoms with van der Waals surface area (Å²) in [5.74, 6) is 0. The van der Waals surface area contributed by atoms with Gasteiger partial charge in [0.25, 0.3) is 0 Å². The van der Waals surface area contributed by atoms with Crippen molar-refractivity contribution in [3.8, 4) is 11.1 Å². The Bertz CT molecular complexity index is 1800. The molecule has 0 saturated heterocycles. The first kappa shape index (κ1) is 16.9. The Balaban J connectivity index is 1.53. The predicted molar refractivity (Wildman–Crippen MR) is 136 cm³/mol. The van der Waals surface area contributed by atoms with Crippen molar-refractivity contribution >= 4 is 65.2 Å². The molecule has 5 aromatic carbocycles. The van der Waals surface area contributed by atoms with Crippen LogP contribution in [0.2, 0.25) is 0 Å². The van der Waals surface area contributed by atoms with Gasteiger partial charge in [-0.15, -0.1) is 11.3 Å². The van der Waals surface area contributed by atoms with E-state index in [1.807, 2.05) is 11.3 Å². The fourth-order valence-electron chi connectivity index (χ4n) is 4.87. The van der Waals surface area contributed by atoms with E-state index in [1.165, 1.54) is 64.0 Å². The Hall–Kier alpha value is -3.86. The maximum atomic E-state index is 3.15. The minimum atomic E-state index is 1.23. The van der Waals surface area contributed by atoms with Gasteiger partial charge in [-0.1, -0.05) is 72.1 Å². The predicted octanol–water partition coefficient (Wildman–Crippen LogP) is 8.82. The van der Waals surface area contributed by atoms with Crippen molar-refractivity contribution in [1.82, 2.24) is 0 Å².